The van der Waals surface area contributed by atoms with E-state index in [1.807, 2.05) is 0 Å². The third-order valence-electron chi connectivity index (χ3n) is 2.59. The SMILES string of the molecule is CC(=O)CCNc1ccc(-c2ccc(F)cc2)nn1. The van der Waals surface area contributed by atoms with Gasteiger partial charge in [0, 0.05) is 18.5 Å². The smallest absolute Gasteiger partial charge is 0.148 e. The fourth-order valence-corrected chi connectivity index (χ4v) is 1.57. The molecule has 0 aliphatic carbocycles. The average molecular weight is 259 g/mol. The molecule has 1 aromatic carbocycles. The molecule has 0 amide bonds. The minimum atomic E-state index is -0.278. The first-order valence-electron chi connectivity index (χ1n) is 5.98. The molecule has 1 aromatic heterocycles. The summed E-state index contributed by atoms with van der Waals surface area (Å²) in [5, 5.41) is 11.1. The Balaban J connectivity index is 2.02. The summed E-state index contributed by atoms with van der Waals surface area (Å²) >= 11 is 0. The van der Waals surface area contributed by atoms with Crippen molar-refractivity contribution in [2.45, 2.75) is 13.3 Å². The minimum Gasteiger partial charge on any atom is -0.368 e. The third kappa shape index (κ3) is 3.84. The van der Waals surface area contributed by atoms with Crippen molar-refractivity contribution >= 4 is 11.6 Å². The van der Waals surface area contributed by atoms with Crippen molar-refractivity contribution in [1.82, 2.24) is 10.2 Å². The first-order valence-corrected chi connectivity index (χ1v) is 5.98. The number of carbonyl (C=O) groups is 1. The standard InChI is InChI=1S/C14H14FN3O/c1-10(19)8-9-16-14-7-6-13(17-18-14)11-2-4-12(15)5-3-11/h2-7H,8-9H2,1H3,(H,16,18). The number of anilines is 1. The number of nitrogens with zero attached hydrogens (tertiary/aromatic N) is 2. The molecule has 0 unspecified atom stereocenters. The van der Waals surface area contributed by atoms with Crippen molar-refractivity contribution in [3.63, 3.8) is 0 Å². The van der Waals surface area contributed by atoms with Crippen LogP contribution in [0, 0.1) is 5.82 Å². The second-order valence-electron chi connectivity index (χ2n) is 4.19. The first kappa shape index (κ1) is 13.1. The van der Waals surface area contributed by atoms with Crippen molar-refractivity contribution in [3.05, 3.63) is 42.2 Å². The van der Waals surface area contributed by atoms with Crippen LogP contribution in [-0.2, 0) is 4.79 Å². The van der Waals surface area contributed by atoms with Gasteiger partial charge in [-0.15, -0.1) is 10.2 Å². The van der Waals surface area contributed by atoms with Gasteiger partial charge in [-0.25, -0.2) is 4.39 Å². The van der Waals surface area contributed by atoms with Crippen molar-refractivity contribution in [3.8, 4) is 11.3 Å². The van der Waals surface area contributed by atoms with Crippen LogP contribution in [0.25, 0.3) is 11.3 Å². The molecular formula is C14H14FN3O. The average Bonchev–Trinajstić information content (AvgIpc) is 2.40. The number of nitrogens with one attached hydrogen (secondary N) is 1. The highest BCUT2D eigenvalue weighted by atomic mass is 19.1. The van der Waals surface area contributed by atoms with Crippen LogP contribution in [0.15, 0.2) is 36.4 Å². The zero-order chi connectivity index (χ0) is 13.7. The lowest BCUT2D eigenvalue weighted by molar-refractivity contribution is -0.116. The molecule has 0 aliphatic rings. The van der Waals surface area contributed by atoms with Crippen LogP contribution in [0.2, 0.25) is 0 Å². The molecule has 0 atom stereocenters. The topological polar surface area (TPSA) is 54.9 Å². The van der Waals surface area contributed by atoms with Crippen LogP contribution in [-0.4, -0.2) is 22.5 Å². The molecule has 19 heavy (non-hydrogen) atoms. The Labute approximate surface area is 110 Å². The molecule has 0 saturated carbocycles. The molecule has 0 radical (unpaired) electrons. The van der Waals surface area contributed by atoms with Crippen LogP contribution < -0.4 is 5.32 Å². The Morgan fingerprint density at radius 3 is 2.47 bits per heavy atom. The summed E-state index contributed by atoms with van der Waals surface area (Å²) in [5.41, 5.74) is 1.49. The molecule has 0 bridgehead atoms. The summed E-state index contributed by atoms with van der Waals surface area (Å²) in [7, 11) is 0. The Morgan fingerprint density at radius 2 is 1.89 bits per heavy atom. The predicted octanol–water partition coefficient (Wildman–Crippen LogP) is 2.67. The lowest BCUT2D eigenvalue weighted by Gasteiger charge is -2.04. The maximum atomic E-state index is 12.8. The van der Waals surface area contributed by atoms with Crippen LogP contribution in [0.4, 0.5) is 10.2 Å². The largest absolute Gasteiger partial charge is 0.368 e. The van der Waals surface area contributed by atoms with E-state index in [2.05, 4.69) is 15.5 Å². The zero-order valence-corrected chi connectivity index (χ0v) is 10.6. The van der Waals surface area contributed by atoms with E-state index in [1.54, 1.807) is 31.2 Å². The molecule has 0 fully saturated rings. The van der Waals surface area contributed by atoms with Crippen molar-refractivity contribution in [2.75, 3.05) is 11.9 Å². The summed E-state index contributed by atoms with van der Waals surface area (Å²) < 4.78 is 12.8. The van der Waals surface area contributed by atoms with Gasteiger partial charge in [0.1, 0.15) is 17.4 Å². The highest BCUT2D eigenvalue weighted by Crippen LogP contribution is 2.17. The van der Waals surface area contributed by atoms with Crippen molar-refractivity contribution in [2.24, 2.45) is 0 Å². The van der Waals surface area contributed by atoms with E-state index >= 15 is 0 Å². The van der Waals surface area contributed by atoms with E-state index in [4.69, 9.17) is 0 Å². The Kier molecular flexibility index (Phi) is 4.18. The van der Waals surface area contributed by atoms with Crippen LogP contribution in [0.5, 0.6) is 0 Å². The van der Waals surface area contributed by atoms with Gasteiger partial charge in [0.2, 0.25) is 0 Å². The number of hydrogen-bond acceptors (Lipinski definition) is 4. The van der Waals surface area contributed by atoms with Crippen LogP contribution in [0.3, 0.4) is 0 Å². The molecule has 5 heteroatoms. The maximum Gasteiger partial charge on any atom is 0.148 e. The number of benzene rings is 1. The Bertz CT molecular complexity index is 552. The summed E-state index contributed by atoms with van der Waals surface area (Å²) in [6.45, 7) is 2.09. The number of ketones is 1. The molecule has 2 aromatic rings. The van der Waals surface area contributed by atoms with Gasteiger partial charge in [0.15, 0.2) is 0 Å². The van der Waals surface area contributed by atoms with Gasteiger partial charge in [-0.05, 0) is 43.3 Å². The first-order chi connectivity index (χ1) is 9.15. The van der Waals surface area contributed by atoms with E-state index in [1.165, 1.54) is 12.1 Å². The molecule has 0 saturated heterocycles. The summed E-state index contributed by atoms with van der Waals surface area (Å²) in [6.07, 6.45) is 0.460. The van der Waals surface area contributed by atoms with E-state index in [0.717, 1.165) is 5.56 Å². The van der Waals surface area contributed by atoms with Gasteiger partial charge >= 0.3 is 0 Å². The van der Waals surface area contributed by atoms with Gasteiger partial charge in [-0.1, -0.05) is 0 Å². The minimum absolute atomic E-state index is 0.128. The molecule has 4 nitrogen and oxygen atoms in total. The molecule has 0 spiro atoms. The van der Waals surface area contributed by atoms with E-state index in [0.29, 0.717) is 24.5 Å². The highest BCUT2D eigenvalue weighted by Gasteiger charge is 2.01. The Hall–Kier alpha value is -2.30. The summed E-state index contributed by atoms with van der Waals surface area (Å²) in [6, 6.07) is 9.67. The summed E-state index contributed by atoms with van der Waals surface area (Å²) in [4.78, 5) is 10.8. The molecule has 1 heterocycles. The van der Waals surface area contributed by atoms with E-state index in [-0.39, 0.29) is 11.6 Å². The fourth-order valence-electron chi connectivity index (χ4n) is 1.57. The second kappa shape index (κ2) is 6.04. The van der Waals surface area contributed by atoms with Gasteiger partial charge in [0.25, 0.3) is 0 Å². The van der Waals surface area contributed by atoms with Crippen LogP contribution in [0.1, 0.15) is 13.3 Å². The molecule has 2 rings (SSSR count). The number of Topliss-reactive ketones (excluding diaryl/α,β-unsaturated/α-hetero) is 1. The highest BCUT2D eigenvalue weighted by molar-refractivity contribution is 5.75. The quantitative estimate of drug-likeness (QED) is 0.897. The van der Waals surface area contributed by atoms with Gasteiger partial charge in [-0.3, -0.25) is 4.79 Å². The molecular weight excluding hydrogens is 245 g/mol. The lowest BCUT2D eigenvalue weighted by atomic mass is 10.1. The number of halogens is 1. The van der Waals surface area contributed by atoms with Crippen LogP contribution >= 0.6 is 0 Å². The molecule has 0 aliphatic heterocycles. The normalized spacial score (nSPS) is 10.2. The van der Waals surface area contributed by atoms with Gasteiger partial charge in [0.05, 0.1) is 5.69 Å². The van der Waals surface area contributed by atoms with E-state index in [9.17, 15) is 9.18 Å². The number of hydrogen-bond donors (Lipinski definition) is 1. The summed E-state index contributed by atoms with van der Waals surface area (Å²) in [5.74, 6) is 0.467. The fraction of sp³-hybridized carbons (Fsp3) is 0.214. The number of carbonyl (C=O) groups excluding carboxylic acids is 1. The monoisotopic (exact) mass is 259 g/mol. The Morgan fingerprint density at radius 1 is 1.16 bits per heavy atom. The number of rotatable bonds is 5. The van der Waals surface area contributed by atoms with Crippen molar-refractivity contribution < 1.29 is 9.18 Å². The number of aromatic nitrogens is 2. The van der Waals surface area contributed by atoms with Crippen molar-refractivity contribution in [1.29, 1.82) is 0 Å². The maximum absolute atomic E-state index is 12.8. The second-order valence-corrected chi connectivity index (χ2v) is 4.19. The van der Waals surface area contributed by atoms with E-state index < -0.39 is 0 Å². The zero-order valence-electron chi connectivity index (χ0n) is 10.6. The third-order valence-corrected chi connectivity index (χ3v) is 2.59. The van der Waals surface area contributed by atoms with Gasteiger partial charge in [-0.2, -0.15) is 0 Å². The molecule has 98 valence electrons. The lowest BCUT2D eigenvalue weighted by Crippen LogP contribution is -2.07. The predicted molar refractivity (Wildman–Crippen MR) is 71.2 cm³/mol. The molecule has 1 N–H and O–H groups in total. The van der Waals surface area contributed by atoms with Gasteiger partial charge < -0.3 is 5.32 Å².